The third kappa shape index (κ3) is 3.54. The van der Waals surface area contributed by atoms with Gasteiger partial charge in [0.05, 0.1) is 6.42 Å². The molecule has 3 nitrogen and oxygen atoms in total. The third-order valence-electron chi connectivity index (χ3n) is 3.41. The SMILES string of the molecule is O=C(Cc1cccs1)N1CCC(CCO)CC1. The highest BCUT2D eigenvalue weighted by Gasteiger charge is 2.22. The van der Waals surface area contributed by atoms with Gasteiger partial charge in [0, 0.05) is 24.6 Å². The second-order valence-electron chi connectivity index (χ2n) is 4.59. The zero-order chi connectivity index (χ0) is 12.1. The van der Waals surface area contributed by atoms with Crippen molar-refractivity contribution >= 4 is 17.2 Å². The minimum absolute atomic E-state index is 0.245. The lowest BCUT2D eigenvalue weighted by molar-refractivity contribution is -0.131. The van der Waals surface area contributed by atoms with Crippen molar-refractivity contribution in [2.24, 2.45) is 5.92 Å². The number of amides is 1. The van der Waals surface area contributed by atoms with Gasteiger partial charge < -0.3 is 10.0 Å². The monoisotopic (exact) mass is 253 g/mol. The molecule has 1 N–H and O–H groups in total. The normalized spacial score (nSPS) is 17.4. The maximum Gasteiger partial charge on any atom is 0.227 e. The van der Waals surface area contributed by atoms with Crippen molar-refractivity contribution in [3.63, 3.8) is 0 Å². The van der Waals surface area contributed by atoms with Crippen LogP contribution in [0, 0.1) is 5.92 Å². The first-order chi connectivity index (χ1) is 8.29. The minimum Gasteiger partial charge on any atom is -0.396 e. The number of carbonyl (C=O) groups is 1. The largest absolute Gasteiger partial charge is 0.396 e. The predicted molar refractivity (Wildman–Crippen MR) is 69.0 cm³/mol. The fraction of sp³-hybridized carbons (Fsp3) is 0.615. The van der Waals surface area contributed by atoms with E-state index in [0.29, 0.717) is 12.3 Å². The Balaban J connectivity index is 1.78. The van der Waals surface area contributed by atoms with Crippen molar-refractivity contribution < 1.29 is 9.90 Å². The molecule has 0 radical (unpaired) electrons. The Morgan fingerprint density at radius 3 is 2.82 bits per heavy atom. The molecule has 94 valence electrons. The smallest absolute Gasteiger partial charge is 0.227 e. The molecule has 17 heavy (non-hydrogen) atoms. The van der Waals surface area contributed by atoms with Crippen molar-refractivity contribution in [2.45, 2.75) is 25.7 Å². The molecular formula is C13H19NO2S. The van der Waals surface area contributed by atoms with E-state index in [1.807, 2.05) is 22.4 Å². The number of thiophene rings is 1. The van der Waals surface area contributed by atoms with Gasteiger partial charge in [0.2, 0.25) is 5.91 Å². The van der Waals surface area contributed by atoms with E-state index in [-0.39, 0.29) is 12.5 Å². The van der Waals surface area contributed by atoms with Crippen LogP contribution in [0.3, 0.4) is 0 Å². The molecule has 1 amide bonds. The molecule has 0 bridgehead atoms. The van der Waals surface area contributed by atoms with Crippen LogP contribution in [-0.2, 0) is 11.2 Å². The van der Waals surface area contributed by atoms with Gasteiger partial charge in [-0.2, -0.15) is 0 Å². The minimum atomic E-state index is 0.245. The molecule has 0 unspecified atom stereocenters. The lowest BCUT2D eigenvalue weighted by atomic mass is 9.94. The maximum atomic E-state index is 12.0. The molecule has 1 aromatic heterocycles. The average Bonchev–Trinajstić information content (AvgIpc) is 2.83. The quantitative estimate of drug-likeness (QED) is 0.890. The van der Waals surface area contributed by atoms with E-state index >= 15 is 0 Å². The molecule has 1 saturated heterocycles. The average molecular weight is 253 g/mol. The number of aliphatic hydroxyl groups excluding tert-OH is 1. The molecule has 0 aliphatic carbocycles. The van der Waals surface area contributed by atoms with E-state index in [0.717, 1.165) is 37.2 Å². The van der Waals surface area contributed by atoms with Crippen LogP contribution in [0.4, 0.5) is 0 Å². The van der Waals surface area contributed by atoms with Gasteiger partial charge in [-0.25, -0.2) is 0 Å². The summed E-state index contributed by atoms with van der Waals surface area (Å²) in [5, 5.41) is 10.9. The zero-order valence-corrected chi connectivity index (χ0v) is 10.8. The van der Waals surface area contributed by atoms with Gasteiger partial charge in [-0.15, -0.1) is 11.3 Å². The van der Waals surface area contributed by atoms with Crippen molar-refractivity contribution in [3.05, 3.63) is 22.4 Å². The van der Waals surface area contributed by atoms with Gasteiger partial charge in [0.25, 0.3) is 0 Å². The standard InChI is InChI=1S/C13H19NO2S/c15-8-5-11-3-6-14(7-4-11)13(16)10-12-2-1-9-17-12/h1-2,9,11,15H,3-8,10H2. The Bertz CT molecular complexity index is 342. The maximum absolute atomic E-state index is 12.0. The lowest BCUT2D eigenvalue weighted by Crippen LogP contribution is -2.39. The summed E-state index contributed by atoms with van der Waals surface area (Å²) in [4.78, 5) is 15.1. The summed E-state index contributed by atoms with van der Waals surface area (Å²) >= 11 is 1.64. The van der Waals surface area contributed by atoms with Gasteiger partial charge >= 0.3 is 0 Å². The highest BCUT2D eigenvalue weighted by Crippen LogP contribution is 2.21. The molecule has 4 heteroatoms. The number of likely N-dealkylation sites (tertiary alicyclic amines) is 1. The van der Waals surface area contributed by atoms with Crippen LogP contribution < -0.4 is 0 Å². The van der Waals surface area contributed by atoms with E-state index in [2.05, 4.69) is 0 Å². The van der Waals surface area contributed by atoms with Gasteiger partial charge in [-0.1, -0.05) is 6.07 Å². The predicted octanol–water partition coefficient (Wildman–Crippen LogP) is 1.91. The fourth-order valence-electron chi connectivity index (χ4n) is 2.33. The summed E-state index contributed by atoms with van der Waals surface area (Å²) in [7, 11) is 0. The van der Waals surface area contributed by atoms with Crippen LogP contribution in [0.2, 0.25) is 0 Å². The van der Waals surface area contributed by atoms with E-state index in [1.54, 1.807) is 11.3 Å². The number of rotatable bonds is 4. The van der Waals surface area contributed by atoms with Gasteiger partial charge in [-0.3, -0.25) is 4.79 Å². The number of nitrogens with zero attached hydrogens (tertiary/aromatic N) is 1. The summed E-state index contributed by atoms with van der Waals surface area (Å²) in [5.74, 6) is 0.848. The molecule has 0 saturated carbocycles. The summed E-state index contributed by atoms with van der Waals surface area (Å²) in [5.41, 5.74) is 0. The van der Waals surface area contributed by atoms with Crippen LogP contribution in [0.1, 0.15) is 24.1 Å². The number of piperidine rings is 1. The number of hydrogen-bond acceptors (Lipinski definition) is 3. The van der Waals surface area contributed by atoms with Crippen molar-refractivity contribution in [2.75, 3.05) is 19.7 Å². The molecular weight excluding hydrogens is 234 g/mol. The summed E-state index contributed by atoms with van der Waals surface area (Å²) in [6, 6.07) is 4.00. The molecule has 1 aromatic rings. The van der Waals surface area contributed by atoms with Crippen LogP contribution in [0.5, 0.6) is 0 Å². The summed E-state index contributed by atoms with van der Waals surface area (Å²) in [6.07, 6.45) is 3.50. The van der Waals surface area contributed by atoms with E-state index in [9.17, 15) is 4.79 Å². The lowest BCUT2D eigenvalue weighted by Gasteiger charge is -2.31. The summed E-state index contributed by atoms with van der Waals surface area (Å²) < 4.78 is 0. The first-order valence-corrected chi connectivity index (χ1v) is 7.08. The number of carbonyl (C=O) groups excluding carboxylic acids is 1. The molecule has 2 rings (SSSR count). The van der Waals surface area contributed by atoms with Gasteiger partial charge in [0.15, 0.2) is 0 Å². The molecule has 0 aromatic carbocycles. The van der Waals surface area contributed by atoms with Crippen molar-refractivity contribution in [1.82, 2.24) is 4.90 Å². The Hall–Kier alpha value is -0.870. The van der Waals surface area contributed by atoms with Crippen LogP contribution in [0.25, 0.3) is 0 Å². The number of hydrogen-bond donors (Lipinski definition) is 1. The second-order valence-corrected chi connectivity index (χ2v) is 5.62. The molecule has 0 atom stereocenters. The molecule has 1 aliphatic rings. The van der Waals surface area contributed by atoms with E-state index < -0.39 is 0 Å². The first kappa shape index (κ1) is 12.6. The Kier molecular flexibility index (Phi) is 4.57. The van der Waals surface area contributed by atoms with Crippen LogP contribution in [0.15, 0.2) is 17.5 Å². The molecule has 0 spiro atoms. The first-order valence-electron chi connectivity index (χ1n) is 6.20. The Morgan fingerprint density at radius 1 is 1.47 bits per heavy atom. The second kappa shape index (κ2) is 6.17. The molecule has 1 aliphatic heterocycles. The summed E-state index contributed by atoms with van der Waals surface area (Å²) in [6.45, 7) is 1.98. The van der Waals surface area contributed by atoms with E-state index in [4.69, 9.17) is 5.11 Å². The fourth-order valence-corrected chi connectivity index (χ4v) is 3.02. The van der Waals surface area contributed by atoms with Crippen molar-refractivity contribution in [3.8, 4) is 0 Å². The van der Waals surface area contributed by atoms with E-state index in [1.165, 1.54) is 0 Å². The topological polar surface area (TPSA) is 40.5 Å². The Morgan fingerprint density at radius 2 is 2.24 bits per heavy atom. The highest BCUT2D eigenvalue weighted by molar-refractivity contribution is 7.10. The third-order valence-corrected chi connectivity index (χ3v) is 4.29. The van der Waals surface area contributed by atoms with Crippen LogP contribution >= 0.6 is 11.3 Å². The molecule has 2 heterocycles. The Labute approximate surface area is 106 Å². The van der Waals surface area contributed by atoms with Gasteiger partial charge in [-0.05, 0) is 36.6 Å². The highest BCUT2D eigenvalue weighted by atomic mass is 32.1. The molecule has 1 fully saturated rings. The number of aliphatic hydroxyl groups is 1. The zero-order valence-electron chi connectivity index (χ0n) is 9.97. The van der Waals surface area contributed by atoms with Crippen LogP contribution in [-0.4, -0.2) is 35.6 Å². The van der Waals surface area contributed by atoms with Gasteiger partial charge in [0.1, 0.15) is 0 Å². The van der Waals surface area contributed by atoms with Crippen molar-refractivity contribution in [1.29, 1.82) is 0 Å².